The second kappa shape index (κ2) is 10.1. The molecule has 0 saturated carbocycles. The van der Waals surface area contributed by atoms with Gasteiger partial charge in [-0.1, -0.05) is 54.6 Å². The SMILES string of the molecule is N#CCOc1ccccc1C(=O)[C@@H]1[C@H](C(=O)c2ccc(F)cc2)[C@@]2(C(=O)Nc3ccccc32)[C@H]2c3ccccc3C=CN12. The Morgan fingerprint density at radius 3 is 2.47 bits per heavy atom. The standard InChI is InChI=1S/C35H24FN3O4/c36-23-15-13-22(14-16-23)31(40)29-30(32(41)25-9-3-6-12-28(25)43-20-18-37)39-19-17-21-7-1-2-8-24(21)33(39)35(29)26-10-4-5-11-27(26)38-34(35)42/h1-17,19,29-30,33H,20H2,(H,38,42)/t29-,30+,33-,35-/m1/s1. The molecule has 1 fully saturated rings. The molecule has 4 aromatic rings. The van der Waals surface area contributed by atoms with Crippen LogP contribution in [-0.2, 0) is 10.2 Å². The quantitative estimate of drug-likeness (QED) is 0.299. The Labute approximate surface area is 246 Å². The summed E-state index contributed by atoms with van der Waals surface area (Å²) in [6.45, 7) is -0.272. The van der Waals surface area contributed by atoms with E-state index < -0.39 is 46.7 Å². The van der Waals surface area contributed by atoms with E-state index in [1.165, 1.54) is 24.3 Å². The lowest BCUT2D eigenvalue weighted by Crippen LogP contribution is -2.49. The molecule has 3 heterocycles. The number of hydrogen-bond acceptors (Lipinski definition) is 6. The molecule has 43 heavy (non-hydrogen) atoms. The summed E-state index contributed by atoms with van der Waals surface area (Å²) in [6, 6.07) is 26.7. The second-order valence-corrected chi connectivity index (χ2v) is 10.8. The predicted octanol–water partition coefficient (Wildman–Crippen LogP) is 5.71. The number of Topliss-reactive ketones (excluding diaryl/α,β-unsaturated/α-hetero) is 2. The van der Waals surface area contributed by atoms with Crippen molar-refractivity contribution in [2.24, 2.45) is 5.92 Å². The lowest BCUT2D eigenvalue weighted by molar-refractivity contribution is -0.122. The Morgan fingerprint density at radius 2 is 1.65 bits per heavy atom. The van der Waals surface area contributed by atoms with Gasteiger partial charge in [0.05, 0.1) is 17.5 Å². The lowest BCUT2D eigenvalue weighted by atomic mass is 9.62. The van der Waals surface area contributed by atoms with Crippen molar-refractivity contribution in [3.63, 3.8) is 0 Å². The number of nitrogens with zero attached hydrogens (tertiary/aromatic N) is 2. The molecule has 1 amide bonds. The highest BCUT2D eigenvalue weighted by molar-refractivity contribution is 6.17. The fourth-order valence-electron chi connectivity index (χ4n) is 7.03. The van der Waals surface area contributed by atoms with E-state index in [4.69, 9.17) is 10.00 Å². The van der Waals surface area contributed by atoms with E-state index in [1.807, 2.05) is 59.5 Å². The van der Waals surface area contributed by atoms with Crippen molar-refractivity contribution in [1.82, 2.24) is 4.90 Å². The molecule has 1 saturated heterocycles. The highest BCUT2D eigenvalue weighted by Gasteiger charge is 2.70. The molecule has 0 aliphatic carbocycles. The van der Waals surface area contributed by atoms with Gasteiger partial charge in [0.2, 0.25) is 5.91 Å². The van der Waals surface area contributed by atoms with E-state index in [9.17, 15) is 18.8 Å². The van der Waals surface area contributed by atoms with Crippen molar-refractivity contribution in [3.05, 3.63) is 137 Å². The molecule has 0 bridgehead atoms. The van der Waals surface area contributed by atoms with Crippen LogP contribution >= 0.6 is 0 Å². The second-order valence-electron chi connectivity index (χ2n) is 10.8. The summed E-state index contributed by atoms with van der Waals surface area (Å²) in [6.07, 6.45) is 3.66. The highest BCUT2D eigenvalue weighted by Crippen LogP contribution is 2.62. The minimum Gasteiger partial charge on any atom is -0.478 e. The fraction of sp³-hybridized carbons (Fsp3) is 0.143. The van der Waals surface area contributed by atoms with Gasteiger partial charge < -0.3 is 15.0 Å². The van der Waals surface area contributed by atoms with Crippen LogP contribution in [-0.4, -0.2) is 35.0 Å². The van der Waals surface area contributed by atoms with Crippen LogP contribution in [0.15, 0.2) is 103 Å². The van der Waals surface area contributed by atoms with Gasteiger partial charge in [-0.25, -0.2) is 4.39 Å². The van der Waals surface area contributed by atoms with Crippen LogP contribution in [0.4, 0.5) is 10.1 Å². The van der Waals surface area contributed by atoms with Crippen molar-refractivity contribution >= 4 is 29.2 Å². The zero-order chi connectivity index (χ0) is 29.7. The number of anilines is 1. The first-order valence-electron chi connectivity index (χ1n) is 13.8. The van der Waals surface area contributed by atoms with Crippen LogP contribution in [0.3, 0.4) is 0 Å². The molecule has 0 unspecified atom stereocenters. The topological polar surface area (TPSA) is 99.5 Å². The summed E-state index contributed by atoms with van der Waals surface area (Å²) in [5.74, 6) is -2.79. The summed E-state index contributed by atoms with van der Waals surface area (Å²) in [4.78, 5) is 45.8. The number of ether oxygens (including phenoxy) is 1. The van der Waals surface area contributed by atoms with Crippen LogP contribution in [0.25, 0.3) is 6.08 Å². The molecular formula is C35H24FN3O4. The Morgan fingerprint density at radius 1 is 0.930 bits per heavy atom. The number of para-hydroxylation sites is 2. The first-order chi connectivity index (χ1) is 21.0. The van der Waals surface area contributed by atoms with Crippen molar-refractivity contribution in [1.29, 1.82) is 5.26 Å². The van der Waals surface area contributed by atoms with Crippen molar-refractivity contribution < 1.29 is 23.5 Å². The third-order valence-electron chi connectivity index (χ3n) is 8.70. The smallest absolute Gasteiger partial charge is 0.238 e. The molecule has 4 aromatic carbocycles. The summed E-state index contributed by atoms with van der Waals surface area (Å²) in [5, 5.41) is 12.1. The predicted molar refractivity (Wildman–Crippen MR) is 157 cm³/mol. The van der Waals surface area contributed by atoms with Gasteiger partial charge >= 0.3 is 0 Å². The largest absolute Gasteiger partial charge is 0.478 e. The normalized spacial score (nSPS) is 22.7. The Hall–Kier alpha value is -5.55. The van der Waals surface area contributed by atoms with Crippen molar-refractivity contribution in [2.45, 2.75) is 17.5 Å². The number of halogens is 1. The summed E-state index contributed by atoms with van der Waals surface area (Å²) in [5.41, 5.74) is 1.73. The van der Waals surface area contributed by atoms with E-state index in [1.54, 1.807) is 36.5 Å². The third-order valence-corrected chi connectivity index (χ3v) is 8.70. The molecule has 1 N–H and O–H groups in total. The molecule has 7 rings (SSSR count). The molecule has 1 spiro atoms. The van der Waals surface area contributed by atoms with Crippen molar-refractivity contribution in [3.8, 4) is 11.8 Å². The molecule has 7 nitrogen and oxygen atoms in total. The van der Waals surface area contributed by atoms with Crippen LogP contribution in [0.5, 0.6) is 5.75 Å². The maximum atomic E-state index is 14.8. The number of rotatable bonds is 6. The van der Waals surface area contributed by atoms with Gasteiger partial charge in [0.25, 0.3) is 0 Å². The highest BCUT2D eigenvalue weighted by atomic mass is 19.1. The molecule has 8 heteroatoms. The van der Waals surface area contributed by atoms with Gasteiger partial charge in [0, 0.05) is 17.5 Å². The van der Waals surface area contributed by atoms with Gasteiger partial charge in [0.1, 0.15) is 29.1 Å². The third kappa shape index (κ3) is 3.82. The minimum atomic E-state index is -1.51. The minimum absolute atomic E-state index is 0.187. The lowest BCUT2D eigenvalue weighted by Gasteiger charge is -2.38. The molecule has 4 atom stereocenters. The molecule has 0 aromatic heterocycles. The summed E-state index contributed by atoms with van der Waals surface area (Å²) in [7, 11) is 0. The summed E-state index contributed by atoms with van der Waals surface area (Å²) >= 11 is 0. The molecule has 3 aliphatic heterocycles. The first kappa shape index (κ1) is 26.4. The van der Waals surface area contributed by atoms with Gasteiger partial charge in [-0.3, -0.25) is 14.4 Å². The number of nitrogens with one attached hydrogen (secondary N) is 1. The zero-order valence-corrected chi connectivity index (χ0v) is 22.7. The first-order valence-corrected chi connectivity index (χ1v) is 13.8. The number of amides is 1. The van der Waals surface area contributed by atoms with E-state index in [-0.39, 0.29) is 23.5 Å². The number of fused-ring (bicyclic) bond motifs is 6. The average Bonchev–Trinajstić information content (AvgIpc) is 3.52. The maximum Gasteiger partial charge on any atom is 0.238 e. The fourth-order valence-corrected chi connectivity index (χ4v) is 7.03. The number of nitriles is 1. The number of benzene rings is 4. The van der Waals surface area contributed by atoms with Crippen LogP contribution in [0.2, 0.25) is 0 Å². The van der Waals surface area contributed by atoms with Gasteiger partial charge in [0.15, 0.2) is 18.2 Å². The number of carbonyl (C=O) groups excluding carboxylic acids is 3. The van der Waals surface area contributed by atoms with Gasteiger partial charge in [-0.2, -0.15) is 5.26 Å². The molecule has 210 valence electrons. The Balaban J connectivity index is 1.52. The van der Waals surface area contributed by atoms with E-state index in [2.05, 4.69) is 5.32 Å². The van der Waals surface area contributed by atoms with Crippen LogP contribution < -0.4 is 10.1 Å². The van der Waals surface area contributed by atoms with Gasteiger partial charge in [-0.05, 0) is 65.2 Å². The van der Waals surface area contributed by atoms with E-state index in [0.717, 1.165) is 11.1 Å². The zero-order valence-electron chi connectivity index (χ0n) is 22.7. The van der Waals surface area contributed by atoms with Crippen molar-refractivity contribution in [2.75, 3.05) is 11.9 Å². The van der Waals surface area contributed by atoms with E-state index in [0.29, 0.717) is 11.3 Å². The average molecular weight is 570 g/mol. The number of carbonyl (C=O) groups is 3. The van der Waals surface area contributed by atoms with Crippen LogP contribution in [0.1, 0.15) is 43.4 Å². The molecule has 0 radical (unpaired) electrons. The monoisotopic (exact) mass is 569 g/mol. The van der Waals surface area contributed by atoms with E-state index >= 15 is 0 Å². The summed E-state index contributed by atoms with van der Waals surface area (Å²) < 4.78 is 19.6. The Kier molecular flexibility index (Phi) is 6.17. The van der Waals surface area contributed by atoms with Crippen LogP contribution in [0, 0.1) is 23.1 Å². The number of hydrogen-bond donors (Lipinski definition) is 1. The Bertz CT molecular complexity index is 1880. The number of ketones is 2. The molecule has 3 aliphatic rings. The molecular weight excluding hydrogens is 545 g/mol. The maximum absolute atomic E-state index is 14.8. The van der Waals surface area contributed by atoms with Gasteiger partial charge in [-0.15, -0.1) is 0 Å².